The smallest absolute Gasteiger partial charge is 0.194 e. The van der Waals surface area contributed by atoms with Crippen LogP contribution in [0.3, 0.4) is 0 Å². The van der Waals surface area contributed by atoms with Crippen molar-refractivity contribution in [2.24, 2.45) is 0 Å². The van der Waals surface area contributed by atoms with Crippen molar-refractivity contribution < 1.29 is 18.3 Å². The molecule has 0 aromatic heterocycles. The molecule has 0 aliphatic carbocycles. The fourth-order valence-electron chi connectivity index (χ4n) is 2.04. The topological polar surface area (TPSA) is 51.5 Å². The van der Waals surface area contributed by atoms with E-state index in [9.17, 15) is 9.65 Å². The van der Waals surface area contributed by atoms with E-state index in [4.69, 9.17) is 13.9 Å². The van der Waals surface area contributed by atoms with Gasteiger partial charge in [0.05, 0.1) is 6.07 Å². The molecule has 0 saturated carbocycles. The Morgan fingerprint density at radius 1 is 0.963 bits per heavy atom. The molecule has 0 saturated heterocycles. The van der Waals surface area contributed by atoms with E-state index in [1.807, 2.05) is 0 Å². The minimum atomic E-state index is -2.03. The van der Waals surface area contributed by atoms with E-state index in [-0.39, 0.29) is 17.5 Å². The minimum absolute atomic E-state index is 0.0292. The van der Waals surface area contributed by atoms with Gasteiger partial charge in [-0.2, -0.15) is 5.26 Å². The van der Waals surface area contributed by atoms with Crippen LogP contribution in [0.1, 0.15) is 20.8 Å². The summed E-state index contributed by atoms with van der Waals surface area (Å²) in [6.45, 7) is 10.8. The van der Waals surface area contributed by atoms with E-state index >= 15 is 0 Å². The molecule has 0 bridgehead atoms. The Balaban J connectivity index is 1.92. The highest BCUT2D eigenvalue weighted by Gasteiger charge is 2.39. The molecule has 2 aromatic rings. The molecule has 1 atom stereocenters. The van der Waals surface area contributed by atoms with Crippen molar-refractivity contribution in [3.8, 4) is 23.3 Å². The highest BCUT2D eigenvalue weighted by Crippen LogP contribution is 2.37. The summed E-state index contributed by atoms with van der Waals surface area (Å²) in [4.78, 5) is 0. The van der Waals surface area contributed by atoms with Crippen molar-refractivity contribution in [3.05, 3.63) is 54.3 Å². The molecule has 0 fully saturated rings. The summed E-state index contributed by atoms with van der Waals surface area (Å²) in [7, 11) is -2.03. The second-order valence-corrected chi connectivity index (χ2v) is 12.6. The maximum Gasteiger partial charge on any atom is 0.194 e. The Bertz CT molecular complexity index is 777. The van der Waals surface area contributed by atoms with Gasteiger partial charge in [0.25, 0.3) is 0 Å². The van der Waals surface area contributed by atoms with E-state index in [0.29, 0.717) is 17.2 Å². The molecule has 144 valence electrons. The third-order valence-corrected chi connectivity index (χ3v) is 9.15. The van der Waals surface area contributed by atoms with Crippen molar-refractivity contribution in [2.75, 3.05) is 6.61 Å². The van der Waals surface area contributed by atoms with Gasteiger partial charge in [0.2, 0.25) is 0 Å². The number of benzene rings is 2. The summed E-state index contributed by atoms with van der Waals surface area (Å²) < 4.78 is 30.4. The largest absolute Gasteiger partial charge is 0.490 e. The predicted molar refractivity (Wildman–Crippen MR) is 106 cm³/mol. The molecule has 0 N–H and O–H groups in total. The second kappa shape index (κ2) is 8.55. The Morgan fingerprint density at radius 3 is 1.93 bits per heavy atom. The number of hydrogen-bond acceptors (Lipinski definition) is 4. The summed E-state index contributed by atoms with van der Waals surface area (Å²) >= 11 is 0. The van der Waals surface area contributed by atoms with Crippen LogP contribution in [0.15, 0.2) is 48.5 Å². The molecule has 0 spiro atoms. The van der Waals surface area contributed by atoms with Crippen molar-refractivity contribution >= 4 is 8.32 Å². The highest BCUT2D eigenvalue weighted by atomic mass is 28.4. The Hall–Kier alpha value is -2.36. The first-order valence-electron chi connectivity index (χ1n) is 8.84. The monoisotopic (exact) mass is 387 g/mol. The molecule has 0 aliphatic rings. The van der Waals surface area contributed by atoms with Gasteiger partial charge >= 0.3 is 0 Å². The van der Waals surface area contributed by atoms with Crippen LogP contribution in [-0.4, -0.2) is 21.0 Å². The molecule has 6 heteroatoms. The van der Waals surface area contributed by atoms with Gasteiger partial charge in [-0.15, -0.1) is 0 Å². The van der Waals surface area contributed by atoms with Gasteiger partial charge in [0.1, 0.15) is 29.7 Å². The number of rotatable bonds is 7. The number of ether oxygens (including phenoxy) is 2. The van der Waals surface area contributed by atoms with Crippen LogP contribution in [0.2, 0.25) is 18.1 Å². The molecule has 4 nitrogen and oxygen atoms in total. The van der Waals surface area contributed by atoms with Gasteiger partial charge in [0.15, 0.2) is 14.4 Å². The van der Waals surface area contributed by atoms with E-state index < -0.39 is 14.4 Å². The second-order valence-electron chi connectivity index (χ2n) is 7.83. The van der Waals surface area contributed by atoms with E-state index in [2.05, 4.69) is 39.9 Å². The third kappa shape index (κ3) is 6.09. The van der Waals surface area contributed by atoms with Crippen LogP contribution < -0.4 is 9.47 Å². The first kappa shape index (κ1) is 20.9. The van der Waals surface area contributed by atoms with Crippen molar-refractivity contribution in [1.29, 1.82) is 5.26 Å². The minimum Gasteiger partial charge on any atom is -0.490 e. The normalized spacial score (nSPS) is 12.9. The number of halogens is 1. The lowest BCUT2D eigenvalue weighted by Gasteiger charge is -2.37. The zero-order valence-electron chi connectivity index (χ0n) is 16.5. The van der Waals surface area contributed by atoms with E-state index in [0.717, 1.165) is 0 Å². The van der Waals surface area contributed by atoms with Crippen LogP contribution in [-0.2, 0) is 4.43 Å². The molecule has 27 heavy (non-hydrogen) atoms. The van der Waals surface area contributed by atoms with Crippen LogP contribution in [0.5, 0.6) is 17.2 Å². The molecule has 0 radical (unpaired) electrons. The lowest BCUT2D eigenvalue weighted by atomic mass is 10.2. The Morgan fingerprint density at radius 2 is 1.44 bits per heavy atom. The van der Waals surface area contributed by atoms with Gasteiger partial charge in [-0.05, 0) is 66.7 Å². The highest BCUT2D eigenvalue weighted by molar-refractivity contribution is 6.74. The maximum absolute atomic E-state index is 12.9. The van der Waals surface area contributed by atoms with Gasteiger partial charge in [-0.1, -0.05) is 20.8 Å². The molecule has 0 heterocycles. The summed E-state index contributed by atoms with van der Waals surface area (Å²) in [6, 6.07) is 15.0. The van der Waals surface area contributed by atoms with Crippen molar-refractivity contribution in [2.45, 2.75) is 45.0 Å². The molecular formula is C21H26FNO3Si. The predicted octanol–water partition coefficient (Wildman–Crippen LogP) is 5.91. The van der Waals surface area contributed by atoms with Crippen molar-refractivity contribution in [3.63, 3.8) is 0 Å². The SMILES string of the molecule is CC(C)(C)[Si](C)(C)OC(C#N)COc1ccc(Oc2ccc(F)cc2)cc1. The first-order valence-corrected chi connectivity index (χ1v) is 11.8. The van der Waals surface area contributed by atoms with Gasteiger partial charge in [-0.3, -0.25) is 0 Å². The zero-order chi connectivity index (χ0) is 20.1. The molecule has 1 unspecified atom stereocenters. The molecular weight excluding hydrogens is 361 g/mol. The molecule has 0 amide bonds. The number of nitriles is 1. The molecule has 2 rings (SSSR count). The van der Waals surface area contributed by atoms with E-state index in [1.165, 1.54) is 12.1 Å². The Kier molecular flexibility index (Phi) is 6.63. The van der Waals surface area contributed by atoms with Gasteiger partial charge in [-0.25, -0.2) is 4.39 Å². The van der Waals surface area contributed by atoms with Gasteiger partial charge < -0.3 is 13.9 Å². The lowest BCUT2D eigenvalue weighted by molar-refractivity contribution is 0.155. The van der Waals surface area contributed by atoms with Gasteiger partial charge in [0, 0.05) is 0 Å². The summed E-state index contributed by atoms with van der Waals surface area (Å²) in [5.41, 5.74) is 0. The third-order valence-electron chi connectivity index (χ3n) is 4.66. The van der Waals surface area contributed by atoms with E-state index in [1.54, 1.807) is 36.4 Å². The van der Waals surface area contributed by atoms with Crippen LogP contribution in [0.4, 0.5) is 4.39 Å². The van der Waals surface area contributed by atoms with Crippen LogP contribution in [0.25, 0.3) is 0 Å². The van der Waals surface area contributed by atoms with Crippen LogP contribution >= 0.6 is 0 Å². The Labute approximate surface area is 161 Å². The summed E-state index contributed by atoms with van der Waals surface area (Å²) in [5, 5.41) is 9.41. The molecule has 0 aliphatic heterocycles. The number of hydrogen-bond donors (Lipinski definition) is 0. The quantitative estimate of drug-likeness (QED) is 0.554. The average Bonchev–Trinajstić information content (AvgIpc) is 2.60. The van der Waals surface area contributed by atoms with Crippen molar-refractivity contribution in [1.82, 2.24) is 0 Å². The lowest BCUT2D eigenvalue weighted by Crippen LogP contribution is -2.45. The first-order chi connectivity index (χ1) is 12.6. The van der Waals surface area contributed by atoms with Crippen LogP contribution in [0, 0.1) is 17.1 Å². The zero-order valence-corrected chi connectivity index (χ0v) is 17.5. The average molecular weight is 388 g/mol. The fourth-order valence-corrected chi connectivity index (χ4v) is 3.23. The summed E-state index contributed by atoms with van der Waals surface area (Å²) in [5.74, 6) is 1.49. The maximum atomic E-state index is 12.9. The fraction of sp³-hybridized carbons (Fsp3) is 0.381. The molecule has 2 aromatic carbocycles. The number of nitrogens with zero attached hydrogens (tertiary/aromatic N) is 1. The standard InChI is InChI=1S/C21H26FNO3Si/c1-21(2,3)27(4,5)26-20(14-23)15-24-17-10-12-19(13-11-17)25-18-8-6-16(22)7-9-18/h6-13,20H,15H2,1-5H3. The summed E-state index contributed by atoms with van der Waals surface area (Å²) in [6.07, 6.45) is -0.610.